The van der Waals surface area contributed by atoms with Gasteiger partial charge in [0.05, 0.1) is 0 Å². The van der Waals surface area contributed by atoms with E-state index in [0.29, 0.717) is 0 Å². The quantitative estimate of drug-likeness (QED) is 0.736. The molecule has 1 atom stereocenters. The maximum absolute atomic E-state index is 13.2. The normalized spacial score (nSPS) is 12.9. The lowest BCUT2D eigenvalue weighted by Crippen LogP contribution is -2.08. The molecule has 1 aromatic carbocycles. The van der Waals surface area contributed by atoms with Crippen LogP contribution < -0.4 is 5.73 Å². The average Bonchev–Trinajstić information content (AvgIpc) is 2.10. The van der Waals surface area contributed by atoms with Gasteiger partial charge in [0.2, 0.25) is 0 Å². The van der Waals surface area contributed by atoms with E-state index < -0.39 is 6.17 Å². The highest BCUT2D eigenvalue weighted by atomic mass is 19.1. The van der Waals surface area contributed by atoms with Crippen molar-refractivity contribution < 1.29 is 9.50 Å². The molecular weight excluding hydrogens is 169 g/mol. The van der Waals surface area contributed by atoms with Gasteiger partial charge in [-0.2, -0.15) is 0 Å². The molecule has 3 heteroatoms. The molecule has 0 aliphatic rings. The van der Waals surface area contributed by atoms with E-state index in [2.05, 4.69) is 0 Å². The van der Waals surface area contributed by atoms with Gasteiger partial charge in [-0.1, -0.05) is 0 Å². The molecule has 0 aliphatic heterocycles. The largest absolute Gasteiger partial charge is 0.508 e. The zero-order valence-corrected chi connectivity index (χ0v) is 7.84. The molecule has 1 aromatic rings. The highest BCUT2D eigenvalue weighted by molar-refractivity contribution is 5.42. The lowest BCUT2D eigenvalue weighted by atomic mass is 10.0. The first kappa shape index (κ1) is 9.99. The summed E-state index contributed by atoms with van der Waals surface area (Å²) in [7, 11) is 0. The fourth-order valence-corrected chi connectivity index (χ4v) is 1.20. The number of phenols is 1. The molecule has 0 radical (unpaired) electrons. The van der Waals surface area contributed by atoms with Crippen LogP contribution in [0.2, 0.25) is 0 Å². The van der Waals surface area contributed by atoms with Gasteiger partial charge in [-0.25, -0.2) is 4.39 Å². The second-order valence-electron chi connectivity index (χ2n) is 3.20. The fourth-order valence-electron chi connectivity index (χ4n) is 1.20. The maximum atomic E-state index is 13.2. The second-order valence-corrected chi connectivity index (χ2v) is 3.20. The molecule has 0 aromatic heterocycles. The summed E-state index contributed by atoms with van der Waals surface area (Å²) in [6.45, 7) is 3.64. The molecular formula is C10H14FNO. The van der Waals surface area contributed by atoms with E-state index in [0.717, 1.165) is 11.1 Å². The van der Waals surface area contributed by atoms with Crippen molar-refractivity contribution in [2.24, 2.45) is 5.73 Å². The molecule has 0 spiro atoms. The Hall–Kier alpha value is -1.09. The number of hydrogen-bond donors (Lipinski definition) is 2. The highest BCUT2D eigenvalue weighted by Gasteiger charge is 2.13. The number of rotatable bonds is 2. The van der Waals surface area contributed by atoms with Crippen molar-refractivity contribution in [1.82, 2.24) is 0 Å². The van der Waals surface area contributed by atoms with Crippen LogP contribution >= 0.6 is 0 Å². The molecule has 1 unspecified atom stereocenters. The third-order valence-corrected chi connectivity index (χ3v) is 2.19. The summed E-state index contributed by atoms with van der Waals surface area (Å²) >= 11 is 0. The van der Waals surface area contributed by atoms with Gasteiger partial charge in [-0.3, -0.25) is 0 Å². The van der Waals surface area contributed by atoms with Crippen LogP contribution in [0.1, 0.15) is 22.9 Å². The number of aryl methyl sites for hydroxylation is 2. The van der Waals surface area contributed by atoms with E-state index in [-0.39, 0.29) is 17.9 Å². The van der Waals surface area contributed by atoms with Gasteiger partial charge in [0, 0.05) is 12.1 Å². The van der Waals surface area contributed by atoms with E-state index in [1.807, 2.05) is 13.8 Å². The van der Waals surface area contributed by atoms with Crippen LogP contribution in [0.4, 0.5) is 4.39 Å². The topological polar surface area (TPSA) is 46.2 Å². The van der Waals surface area contributed by atoms with E-state index in [1.54, 1.807) is 12.1 Å². The average molecular weight is 183 g/mol. The first-order chi connectivity index (χ1) is 6.06. The molecule has 0 heterocycles. The van der Waals surface area contributed by atoms with Crippen molar-refractivity contribution in [3.8, 4) is 5.75 Å². The highest BCUT2D eigenvalue weighted by Crippen LogP contribution is 2.28. The smallest absolute Gasteiger partial charge is 0.141 e. The van der Waals surface area contributed by atoms with Crippen LogP contribution in [0.5, 0.6) is 5.75 Å². The lowest BCUT2D eigenvalue weighted by molar-refractivity contribution is 0.338. The van der Waals surface area contributed by atoms with Gasteiger partial charge in [0.25, 0.3) is 0 Å². The molecule has 3 N–H and O–H groups in total. The van der Waals surface area contributed by atoms with Crippen LogP contribution in [0.3, 0.4) is 0 Å². The fraction of sp³-hybridized carbons (Fsp3) is 0.400. The summed E-state index contributed by atoms with van der Waals surface area (Å²) in [5.41, 5.74) is 7.37. The molecule has 0 saturated heterocycles. The summed E-state index contributed by atoms with van der Waals surface area (Å²) in [6.07, 6.45) is -1.28. The molecule has 0 bridgehead atoms. The molecule has 0 amide bonds. The molecule has 2 nitrogen and oxygen atoms in total. The minimum absolute atomic E-state index is 0.0129. The van der Waals surface area contributed by atoms with Gasteiger partial charge in [-0.05, 0) is 37.1 Å². The van der Waals surface area contributed by atoms with Crippen molar-refractivity contribution in [2.45, 2.75) is 20.0 Å². The Kier molecular flexibility index (Phi) is 2.88. The zero-order valence-electron chi connectivity index (χ0n) is 7.84. The molecule has 1 rings (SSSR count). The summed E-state index contributed by atoms with van der Waals surface area (Å²) in [5.74, 6) is -0.0129. The number of alkyl halides is 1. The Morgan fingerprint density at radius 3 is 2.46 bits per heavy atom. The van der Waals surface area contributed by atoms with Crippen molar-refractivity contribution in [3.63, 3.8) is 0 Å². The van der Waals surface area contributed by atoms with Crippen molar-refractivity contribution in [1.29, 1.82) is 0 Å². The Balaban J connectivity index is 3.15. The third-order valence-electron chi connectivity index (χ3n) is 2.19. The van der Waals surface area contributed by atoms with Crippen molar-refractivity contribution >= 4 is 0 Å². The lowest BCUT2D eigenvalue weighted by Gasteiger charge is -2.10. The van der Waals surface area contributed by atoms with Crippen molar-refractivity contribution in [3.05, 3.63) is 28.8 Å². The molecule has 72 valence electrons. The molecule has 0 aliphatic carbocycles. The van der Waals surface area contributed by atoms with Gasteiger partial charge < -0.3 is 10.8 Å². The summed E-state index contributed by atoms with van der Waals surface area (Å²) in [5, 5.41) is 9.42. The summed E-state index contributed by atoms with van der Waals surface area (Å²) in [6, 6.07) is 3.20. The van der Waals surface area contributed by atoms with E-state index in [4.69, 9.17) is 5.73 Å². The Labute approximate surface area is 77.2 Å². The van der Waals surface area contributed by atoms with Gasteiger partial charge >= 0.3 is 0 Å². The minimum atomic E-state index is -1.28. The minimum Gasteiger partial charge on any atom is -0.508 e. The predicted molar refractivity (Wildman–Crippen MR) is 50.5 cm³/mol. The Morgan fingerprint density at radius 2 is 1.92 bits per heavy atom. The Bertz CT molecular complexity index is 312. The van der Waals surface area contributed by atoms with Crippen LogP contribution in [0.25, 0.3) is 0 Å². The number of aromatic hydroxyl groups is 1. The van der Waals surface area contributed by atoms with E-state index in [1.165, 1.54) is 0 Å². The molecule has 0 saturated carbocycles. The maximum Gasteiger partial charge on any atom is 0.141 e. The standard InChI is InChI=1S/C10H14FNO/c1-6-3-8(9(11)5-12)10(13)4-7(6)2/h3-4,9,13H,5,12H2,1-2H3. The third kappa shape index (κ3) is 1.98. The van der Waals surface area contributed by atoms with E-state index in [9.17, 15) is 9.50 Å². The number of phenolic OH excluding ortho intramolecular Hbond substituents is 1. The predicted octanol–water partition coefficient (Wildman–Crippen LogP) is 1.98. The van der Waals surface area contributed by atoms with Crippen LogP contribution in [-0.2, 0) is 0 Å². The molecule has 13 heavy (non-hydrogen) atoms. The number of hydrogen-bond acceptors (Lipinski definition) is 2. The zero-order chi connectivity index (χ0) is 10.0. The SMILES string of the molecule is Cc1cc(O)c(C(F)CN)cc1C. The number of benzene rings is 1. The monoisotopic (exact) mass is 183 g/mol. The van der Waals surface area contributed by atoms with Crippen LogP contribution in [0, 0.1) is 13.8 Å². The van der Waals surface area contributed by atoms with E-state index >= 15 is 0 Å². The van der Waals surface area contributed by atoms with Gasteiger partial charge in [0.1, 0.15) is 11.9 Å². The number of halogens is 1. The first-order valence-electron chi connectivity index (χ1n) is 4.20. The van der Waals surface area contributed by atoms with Crippen molar-refractivity contribution in [2.75, 3.05) is 6.54 Å². The summed E-state index contributed by atoms with van der Waals surface area (Å²) in [4.78, 5) is 0. The molecule has 0 fully saturated rings. The van der Waals surface area contributed by atoms with Crippen LogP contribution in [0.15, 0.2) is 12.1 Å². The first-order valence-corrected chi connectivity index (χ1v) is 4.20. The Morgan fingerprint density at radius 1 is 1.38 bits per heavy atom. The summed E-state index contributed by atoms with van der Waals surface area (Å²) < 4.78 is 13.2. The number of nitrogens with two attached hydrogens (primary N) is 1. The van der Waals surface area contributed by atoms with Gasteiger partial charge in [0.15, 0.2) is 0 Å². The van der Waals surface area contributed by atoms with Gasteiger partial charge in [-0.15, -0.1) is 0 Å². The van der Waals surface area contributed by atoms with Crippen LogP contribution in [-0.4, -0.2) is 11.7 Å². The second kappa shape index (κ2) is 3.75.